The van der Waals surface area contributed by atoms with Crippen molar-refractivity contribution in [3.63, 3.8) is 0 Å². The van der Waals surface area contributed by atoms with Gasteiger partial charge in [-0.2, -0.15) is 13.8 Å². The van der Waals surface area contributed by atoms with Crippen LogP contribution in [0.25, 0.3) is 0 Å². The summed E-state index contributed by atoms with van der Waals surface area (Å²) in [7, 11) is 0. The molecule has 1 fully saturated rings. The number of halogens is 2. The number of hydrogen-bond acceptors (Lipinski definition) is 5. The van der Waals surface area contributed by atoms with Gasteiger partial charge in [0.05, 0.1) is 0 Å². The monoisotopic (exact) mass is 289 g/mol. The van der Waals surface area contributed by atoms with Gasteiger partial charge in [-0.15, -0.1) is 0 Å². The number of nitrogens with two attached hydrogens (primary N) is 1. The summed E-state index contributed by atoms with van der Waals surface area (Å²) in [4.78, 5) is 15.1. The summed E-state index contributed by atoms with van der Waals surface area (Å²) < 4.78 is 34.5. The fourth-order valence-corrected chi connectivity index (χ4v) is 2.50. The molecule has 112 valence electrons. The maximum atomic E-state index is 14.2. The number of aliphatic hydroxyl groups excluding tert-OH is 1. The molecule has 0 aliphatic carbocycles. The van der Waals surface area contributed by atoms with E-state index in [-0.39, 0.29) is 18.7 Å². The van der Waals surface area contributed by atoms with Crippen molar-refractivity contribution < 1.29 is 18.6 Å². The molecule has 3 N–H and O–H groups in total. The van der Waals surface area contributed by atoms with E-state index in [1.807, 2.05) is 0 Å². The number of alkyl halides is 2. The van der Waals surface area contributed by atoms with Crippen molar-refractivity contribution in [2.24, 2.45) is 0 Å². The number of nitrogen functional groups attached to an aromatic ring is 1. The zero-order chi connectivity index (χ0) is 15.1. The molecule has 0 radical (unpaired) electrons. The maximum absolute atomic E-state index is 14.2. The van der Waals surface area contributed by atoms with Crippen molar-refractivity contribution in [3.05, 3.63) is 22.7 Å². The normalized spacial score (nSPS) is 27.6. The van der Waals surface area contributed by atoms with E-state index in [0.717, 1.165) is 6.20 Å². The third kappa shape index (κ3) is 1.99. The summed E-state index contributed by atoms with van der Waals surface area (Å²) in [5.74, 6) is -3.65. The van der Waals surface area contributed by atoms with Gasteiger partial charge in [0.1, 0.15) is 11.4 Å². The van der Waals surface area contributed by atoms with E-state index in [1.54, 1.807) is 13.8 Å². The summed E-state index contributed by atoms with van der Waals surface area (Å²) in [5, 5.41) is 9.91. The molecule has 0 amide bonds. The minimum Gasteiger partial charge on any atom is -0.384 e. The minimum absolute atomic E-state index is 0.0645. The molecule has 20 heavy (non-hydrogen) atoms. The smallest absolute Gasteiger partial charge is 0.351 e. The zero-order valence-corrected chi connectivity index (χ0v) is 11.2. The molecule has 2 atom stereocenters. The standard InChI is InChI=1S/C12H17F2N3O3/c1-3-11(4-2)8(18)12(13,14)9(20-11)17-6-5-7(15)16-10(17)19/h5-6,8-9,18H,3-4H2,1-2H3,(H2,15,16,19)/t8-,9-/m1/s1. The van der Waals surface area contributed by atoms with Gasteiger partial charge in [-0.25, -0.2) is 4.79 Å². The lowest BCUT2D eigenvalue weighted by molar-refractivity contribution is -0.143. The molecule has 0 spiro atoms. The topological polar surface area (TPSA) is 90.4 Å². The van der Waals surface area contributed by atoms with E-state index in [2.05, 4.69) is 4.98 Å². The molecular formula is C12H17F2N3O3. The van der Waals surface area contributed by atoms with Crippen molar-refractivity contribution in [1.29, 1.82) is 0 Å². The van der Waals surface area contributed by atoms with Gasteiger partial charge in [-0.05, 0) is 18.9 Å². The Kier molecular flexibility index (Phi) is 3.55. The highest BCUT2D eigenvalue weighted by molar-refractivity contribution is 5.24. The van der Waals surface area contributed by atoms with Crippen LogP contribution in [-0.2, 0) is 4.74 Å². The molecule has 1 aliphatic rings. The van der Waals surface area contributed by atoms with Crippen molar-refractivity contribution in [1.82, 2.24) is 9.55 Å². The van der Waals surface area contributed by atoms with Crippen LogP contribution in [-0.4, -0.2) is 32.3 Å². The Balaban J connectivity index is 2.50. The van der Waals surface area contributed by atoms with Crippen molar-refractivity contribution in [2.45, 2.75) is 50.5 Å². The van der Waals surface area contributed by atoms with Gasteiger partial charge in [0.25, 0.3) is 0 Å². The molecule has 6 nitrogen and oxygen atoms in total. The van der Waals surface area contributed by atoms with Crippen LogP contribution in [0.2, 0.25) is 0 Å². The maximum Gasteiger partial charge on any atom is 0.351 e. The first kappa shape index (κ1) is 14.9. The number of ether oxygens (including phenoxy) is 1. The van der Waals surface area contributed by atoms with E-state index in [4.69, 9.17) is 10.5 Å². The Morgan fingerprint density at radius 2 is 2.10 bits per heavy atom. The van der Waals surface area contributed by atoms with Crippen LogP contribution in [0.5, 0.6) is 0 Å². The first-order chi connectivity index (χ1) is 9.28. The highest BCUT2D eigenvalue weighted by atomic mass is 19.3. The van der Waals surface area contributed by atoms with Crippen LogP contribution in [0.4, 0.5) is 14.6 Å². The fraction of sp³-hybridized carbons (Fsp3) is 0.667. The molecule has 1 saturated heterocycles. The first-order valence-corrected chi connectivity index (χ1v) is 6.37. The first-order valence-electron chi connectivity index (χ1n) is 6.37. The highest BCUT2D eigenvalue weighted by Crippen LogP contribution is 2.50. The summed E-state index contributed by atoms with van der Waals surface area (Å²) >= 11 is 0. The second-order valence-corrected chi connectivity index (χ2v) is 4.86. The fourth-order valence-electron chi connectivity index (χ4n) is 2.50. The summed E-state index contributed by atoms with van der Waals surface area (Å²) in [6, 6.07) is 1.23. The lowest BCUT2D eigenvalue weighted by atomic mass is 9.89. The van der Waals surface area contributed by atoms with Crippen molar-refractivity contribution >= 4 is 5.82 Å². The number of rotatable bonds is 3. The molecule has 2 heterocycles. The molecule has 1 aliphatic heterocycles. The Hall–Kier alpha value is -1.54. The number of hydrogen-bond donors (Lipinski definition) is 2. The summed E-state index contributed by atoms with van der Waals surface area (Å²) in [6.45, 7) is 3.30. The molecular weight excluding hydrogens is 272 g/mol. The Morgan fingerprint density at radius 3 is 2.55 bits per heavy atom. The van der Waals surface area contributed by atoms with Crippen molar-refractivity contribution in [3.8, 4) is 0 Å². The number of aliphatic hydroxyl groups is 1. The predicted octanol–water partition coefficient (Wildman–Crippen LogP) is 0.909. The lowest BCUT2D eigenvalue weighted by Gasteiger charge is -2.29. The molecule has 2 rings (SSSR count). The SMILES string of the molecule is CCC1(CC)O[C@@H](n2ccc(N)nc2=O)C(F)(F)[C@@H]1O. The molecule has 0 aromatic carbocycles. The van der Waals surface area contributed by atoms with Gasteiger partial charge in [-0.1, -0.05) is 13.8 Å². The van der Waals surface area contributed by atoms with E-state index in [9.17, 15) is 18.7 Å². The highest BCUT2D eigenvalue weighted by Gasteiger charge is 2.65. The lowest BCUT2D eigenvalue weighted by Crippen LogP contribution is -2.46. The predicted molar refractivity (Wildman–Crippen MR) is 67.3 cm³/mol. The largest absolute Gasteiger partial charge is 0.384 e. The Labute approximate surface area is 114 Å². The van der Waals surface area contributed by atoms with E-state index in [0.29, 0.717) is 4.57 Å². The average Bonchev–Trinajstić information content (AvgIpc) is 2.60. The zero-order valence-electron chi connectivity index (χ0n) is 11.2. The van der Waals surface area contributed by atoms with Gasteiger partial charge < -0.3 is 15.6 Å². The third-order valence-corrected chi connectivity index (χ3v) is 3.84. The van der Waals surface area contributed by atoms with Gasteiger partial charge >= 0.3 is 11.6 Å². The van der Waals surface area contributed by atoms with Crippen LogP contribution < -0.4 is 11.4 Å². The average molecular weight is 289 g/mol. The van der Waals surface area contributed by atoms with Gasteiger partial charge in [0.2, 0.25) is 6.23 Å². The van der Waals surface area contributed by atoms with Gasteiger partial charge in [-0.3, -0.25) is 4.57 Å². The molecule has 0 bridgehead atoms. The van der Waals surface area contributed by atoms with E-state index >= 15 is 0 Å². The van der Waals surface area contributed by atoms with Crippen LogP contribution in [0, 0.1) is 0 Å². The quantitative estimate of drug-likeness (QED) is 0.863. The molecule has 1 aromatic heterocycles. The van der Waals surface area contributed by atoms with Crippen LogP contribution in [0.15, 0.2) is 17.1 Å². The second-order valence-electron chi connectivity index (χ2n) is 4.86. The Morgan fingerprint density at radius 1 is 1.50 bits per heavy atom. The summed E-state index contributed by atoms with van der Waals surface area (Å²) in [6.07, 6.45) is -2.38. The van der Waals surface area contributed by atoms with Crippen LogP contribution >= 0.6 is 0 Å². The van der Waals surface area contributed by atoms with E-state index < -0.39 is 29.5 Å². The third-order valence-electron chi connectivity index (χ3n) is 3.84. The van der Waals surface area contributed by atoms with Crippen LogP contribution in [0.3, 0.4) is 0 Å². The Bertz CT molecular complexity index is 557. The second kappa shape index (κ2) is 4.78. The summed E-state index contributed by atoms with van der Waals surface area (Å²) in [5.41, 5.74) is 3.00. The molecule has 8 heteroatoms. The number of nitrogens with zero attached hydrogens (tertiary/aromatic N) is 2. The van der Waals surface area contributed by atoms with E-state index in [1.165, 1.54) is 6.07 Å². The van der Waals surface area contributed by atoms with Gasteiger partial charge in [0.15, 0.2) is 6.10 Å². The molecule has 0 saturated carbocycles. The minimum atomic E-state index is -3.59. The molecule has 0 unspecified atom stereocenters. The molecule has 1 aromatic rings. The number of aromatic nitrogens is 2. The van der Waals surface area contributed by atoms with Crippen molar-refractivity contribution in [2.75, 3.05) is 5.73 Å². The van der Waals surface area contributed by atoms with Gasteiger partial charge in [0, 0.05) is 6.20 Å². The van der Waals surface area contributed by atoms with Crippen LogP contribution in [0.1, 0.15) is 32.9 Å². The number of anilines is 1.